The van der Waals surface area contributed by atoms with E-state index >= 15 is 0 Å². The smallest absolute Gasteiger partial charge is 0.407 e. The van der Waals surface area contributed by atoms with E-state index in [1.165, 1.54) is 0 Å². The van der Waals surface area contributed by atoms with Gasteiger partial charge in [-0.2, -0.15) is 0 Å². The number of hydrogen-bond donors (Lipinski definition) is 3. The molecule has 0 saturated carbocycles. The third-order valence-corrected chi connectivity index (χ3v) is 3.96. The highest BCUT2D eigenvalue weighted by Crippen LogP contribution is 2.28. The van der Waals surface area contributed by atoms with Crippen molar-refractivity contribution < 1.29 is 9.53 Å². The normalized spacial score (nSPS) is 20.3. The zero-order valence-electron chi connectivity index (χ0n) is 14.2. The van der Waals surface area contributed by atoms with Crippen molar-refractivity contribution in [2.24, 2.45) is 5.73 Å². The molecule has 6 heteroatoms. The van der Waals surface area contributed by atoms with Gasteiger partial charge in [-0.05, 0) is 38.8 Å². The van der Waals surface area contributed by atoms with Gasteiger partial charge in [0.1, 0.15) is 5.60 Å². The first-order valence-corrected chi connectivity index (χ1v) is 8.08. The average Bonchev–Trinajstić information content (AvgIpc) is 2.87. The Morgan fingerprint density at radius 2 is 2.13 bits per heavy atom. The van der Waals surface area contributed by atoms with Crippen LogP contribution in [-0.2, 0) is 4.74 Å². The summed E-state index contributed by atoms with van der Waals surface area (Å²) in [4.78, 5) is 14.2. The van der Waals surface area contributed by atoms with Crippen LogP contribution in [0.3, 0.4) is 0 Å². The number of nitrogens with two attached hydrogens (primary N) is 2. The van der Waals surface area contributed by atoms with Crippen molar-refractivity contribution in [3.8, 4) is 0 Å². The van der Waals surface area contributed by atoms with Gasteiger partial charge in [0.25, 0.3) is 0 Å². The maximum atomic E-state index is 11.9. The van der Waals surface area contributed by atoms with Gasteiger partial charge in [0.15, 0.2) is 0 Å². The van der Waals surface area contributed by atoms with Crippen molar-refractivity contribution >= 4 is 11.8 Å². The molecule has 1 aliphatic rings. The first-order chi connectivity index (χ1) is 10.8. The van der Waals surface area contributed by atoms with Crippen molar-refractivity contribution in [3.63, 3.8) is 0 Å². The van der Waals surface area contributed by atoms with Crippen LogP contribution in [0, 0.1) is 0 Å². The fraction of sp³-hybridized carbons (Fsp3) is 0.588. The molecule has 2 atom stereocenters. The summed E-state index contributed by atoms with van der Waals surface area (Å²) in [5.74, 6) is 0. The van der Waals surface area contributed by atoms with Crippen LogP contribution in [0.25, 0.3) is 0 Å². The molecule has 1 saturated heterocycles. The number of hydrogen-bond acceptors (Lipinski definition) is 5. The number of benzene rings is 1. The number of ether oxygens (including phenoxy) is 1. The molecule has 0 spiro atoms. The topological polar surface area (TPSA) is 93.6 Å². The molecule has 0 radical (unpaired) electrons. The number of rotatable bonds is 4. The highest BCUT2D eigenvalue weighted by Gasteiger charge is 2.31. The van der Waals surface area contributed by atoms with Gasteiger partial charge in [0.2, 0.25) is 0 Å². The summed E-state index contributed by atoms with van der Waals surface area (Å²) < 4.78 is 5.31. The van der Waals surface area contributed by atoms with E-state index in [0.29, 0.717) is 6.54 Å². The second kappa shape index (κ2) is 7.19. The first-order valence-electron chi connectivity index (χ1n) is 8.08. The van der Waals surface area contributed by atoms with Gasteiger partial charge in [-0.15, -0.1) is 0 Å². The van der Waals surface area contributed by atoms with E-state index in [0.717, 1.165) is 30.8 Å². The van der Waals surface area contributed by atoms with Crippen molar-refractivity contribution in [2.45, 2.75) is 44.9 Å². The molecule has 1 amide bonds. The maximum absolute atomic E-state index is 11.9. The van der Waals surface area contributed by atoms with E-state index in [4.69, 9.17) is 16.2 Å². The lowest BCUT2D eigenvalue weighted by Gasteiger charge is -2.28. The summed E-state index contributed by atoms with van der Waals surface area (Å²) in [6.07, 6.45) is 0.510. The van der Waals surface area contributed by atoms with Crippen LogP contribution in [0.4, 0.5) is 10.5 Å². The van der Waals surface area contributed by atoms with Gasteiger partial charge in [-0.1, -0.05) is 18.2 Å². The number of amides is 1. The number of nitrogen functional groups attached to an aromatic ring is 1. The third-order valence-electron chi connectivity index (χ3n) is 3.96. The van der Waals surface area contributed by atoms with Crippen LogP contribution >= 0.6 is 0 Å². The van der Waals surface area contributed by atoms with Gasteiger partial charge in [-0.25, -0.2) is 4.79 Å². The second-order valence-corrected chi connectivity index (χ2v) is 7.01. The van der Waals surface area contributed by atoms with E-state index in [1.807, 2.05) is 45.0 Å². The predicted octanol–water partition coefficient (Wildman–Crippen LogP) is 1.87. The number of carbonyl (C=O) groups is 1. The summed E-state index contributed by atoms with van der Waals surface area (Å²) in [6.45, 7) is 7.68. The summed E-state index contributed by atoms with van der Waals surface area (Å²) >= 11 is 0. The second-order valence-electron chi connectivity index (χ2n) is 7.01. The number of nitrogens with one attached hydrogen (secondary N) is 1. The minimum Gasteiger partial charge on any atom is -0.444 e. The van der Waals surface area contributed by atoms with Gasteiger partial charge in [0, 0.05) is 37.4 Å². The summed E-state index contributed by atoms with van der Waals surface area (Å²) in [6, 6.07) is 7.95. The number of carbonyl (C=O) groups excluding carboxylic acids is 1. The average molecular weight is 320 g/mol. The Labute approximate surface area is 138 Å². The summed E-state index contributed by atoms with van der Waals surface area (Å²) in [7, 11) is 0. The summed E-state index contributed by atoms with van der Waals surface area (Å²) in [5.41, 5.74) is 13.4. The lowest BCUT2D eigenvalue weighted by molar-refractivity contribution is 0.0504. The van der Waals surface area contributed by atoms with E-state index in [-0.39, 0.29) is 18.2 Å². The van der Waals surface area contributed by atoms with Crippen LogP contribution in [0.5, 0.6) is 0 Å². The van der Waals surface area contributed by atoms with Crippen molar-refractivity contribution in [3.05, 3.63) is 29.8 Å². The highest BCUT2D eigenvalue weighted by molar-refractivity contribution is 5.68. The molecule has 0 unspecified atom stereocenters. The van der Waals surface area contributed by atoms with Crippen LogP contribution in [0.15, 0.2) is 24.3 Å². The molecule has 23 heavy (non-hydrogen) atoms. The Bertz CT molecular complexity index is 542. The molecular formula is C17H28N4O2. The Kier molecular flexibility index (Phi) is 5.49. The molecule has 1 fully saturated rings. The fourth-order valence-electron chi connectivity index (χ4n) is 2.95. The summed E-state index contributed by atoms with van der Waals surface area (Å²) in [5, 5.41) is 2.94. The van der Waals surface area contributed by atoms with Crippen LogP contribution in [0.2, 0.25) is 0 Å². The number of alkyl carbamates (subject to hydrolysis) is 1. The van der Waals surface area contributed by atoms with Gasteiger partial charge in [0.05, 0.1) is 0 Å². The first kappa shape index (κ1) is 17.6. The lowest BCUT2D eigenvalue weighted by atomic mass is 10.0. The number of likely N-dealkylation sites (tertiary alicyclic amines) is 1. The predicted molar refractivity (Wildman–Crippen MR) is 92.0 cm³/mol. The monoisotopic (exact) mass is 320 g/mol. The molecular weight excluding hydrogens is 292 g/mol. The van der Waals surface area contributed by atoms with E-state index < -0.39 is 5.60 Å². The molecule has 1 heterocycles. The van der Waals surface area contributed by atoms with Gasteiger partial charge < -0.3 is 21.5 Å². The van der Waals surface area contributed by atoms with Crippen molar-refractivity contribution in [2.75, 3.05) is 25.4 Å². The minimum absolute atomic E-state index is 0.0710. The minimum atomic E-state index is -0.485. The molecule has 1 aromatic rings. The van der Waals surface area contributed by atoms with Crippen LogP contribution in [0.1, 0.15) is 38.8 Å². The van der Waals surface area contributed by atoms with Crippen molar-refractivity contribution in [1.29, 1.82) is 0 Å². The molecule has 0 bridgehead atoms. The Morgan fingerprint density at radius 1 is 1.43 bits per heavy atom. The van der Waals surface area contributed by atoms with Gasteiger partial charge >= 0.3 is 6.09 Å². The quantitative estimate of drug-likeness (QED) is 0.736. The number of nitrogens with zero attached hydrogens (tertiary/aromatic N) is 1. The van der Waals surface area contributed by atoms with Gasteiger partial charge in [-0.3, -0.25) is 4.90 Å². The molecule has 0 aliphatic carbocycles. The maximum Gasteiger partial charge on any atom is 0.407 e. The van der Waals surface area contributed by atoms with E-state index in [2.05, 4.69) is 10.2 Å². The van der Waals surface area contributed by atoms with Crippen LogP contribution < -0.4 is 16.8 Å². The SMILES string of the molecule is CC(C)(C)OC(=O)N[C@@H]1CCN([C@@H](CN)c2ccccc2N)C1. The van der Waals surface area contributed by atoms with E-state index in [9.17, 15) is 4.79 Å². The fourth-order valence-corrected chi connectivity index (χ4v) is 2.95. The Hall–Kier alpha value is -1.79. The lowest BCUT2D eigenvalue weighted by Crippen LogP contribution is -2.41. The standard InChI is InChI=1S/C17H28N4O2/c1-17(2,3)23-16(22)20-12-8-9-21(11-12)15(10-18)13-6-4-5-7-14(13)19/h4-7,12,15H,8-11,18-19H2,1-3H3,(H,20,22)/t12-,15+/m1/s1. The molecule has 6 nitrogen and oxygen atoms in total. The number of para-hydroxylation sites is 1. The van der Waals surface area contributed by atoms with Crippen molar-refractivity contribution in [1.82, 2.24) is 10.2 Å². The van der Waals surface area contributed by atoms with Crippen LogP contribution in [-0.4, -0.2) is 42.3 Å². The molecule has 5 N–H and O–H groups in total. The largest absolute Gasteiger partial charge is 0.444 e. The molecule has 128 valence electrons. The zero-order valence-corrected chi connectivity index (χ0v) is 14.2. The zero-order chi connectivity index (χ0) is 17.0. The number of anilines is 1. The molecule has 1 aliphatic heterocycles. The van der Waals surface area contributed by atoms with E-state index in [1.54, 1.807) is 0 Å². The highest BCUT2D eigenvalue weighted by atomic mass is 16.6. The Morgan fingerprint density at radius 3 is 2.74 bits per heavy atom. The molecule has 2 rings (SSSR count). The third kappa shape index (κ3) is 4.84. The molecule has 1 aromatic carbocycles. The Balaban J connectivity index is 1.96. The molecule has 0 aromatic heterocycles.